The van der Waals surface area contributed by atoms with Crippen molar-refractivity contribution in [1.29, 1.82) is 0 Å². The third-order valence-electron chi connectivity index (χ3n) is 3.53. The molecule has 0 spiro atoms. The van der Waals surface area contributed by atoms with Gasteiger partial charge < -0.3 is 0 Å². The monoisotopic (exact) mass is 192 g/mol. The molecule has 0 aliphatic heterocycles. The maximum atomic E-state index is 2.34. The van der Waals surface area contributed by atoms with Crippen LogP contribution in [0.5, 0.6) is 0 Å². The smallest absolute Gasteiger partial charge is 0.00124 e. The van der Waals surface area contributed by atoms with Gasteiger partial charge in [-0.25, -0.2) is 0 Å². The Morgan fingerprint density at radius 1 is 1.00 bits per heavy atom. The molecule has 1 rings (SSSR count). The van der Waals surface area contributed by atoms with Gasteiger partial charge in [-0.15, -0.1) is 0 Å². The van der Waals surface area contributed by atoms with E-state index in [0.717, 1.165) is 0 Å². The third-order valence-corrected chi connectivity index (χ3v) is 3.53. The van der Waals surface area contributed by atoms with Crippen LogP contribution in [0.1, 0.15) is 54.9 Å². The molecule has 0 fully saturated rings. The lowest BCUT2D eigenvalue weighted by Crippen LogP contribution is -2.10. The number of hydrogen-bond donors (Lipinski definition) is 0. The van der Waals surface area contributed by atoms with E-state index in [2.05, 4.69) is 48.5 Å². The lowest BCUT2D eigenvalue weighted by Gasteiger charge is -2.23. The molecule has 0 saturated heterocycles. The largest absolute Gasteiger partial charge is 0.0632 e. The van der Waals surface area contributed by atoms with Gasteiger partial charge in [-0.3, -0.25) is 0 Å². The number of hydrogen-bond acceptors (Lipinski definition) is 0. The maximum Gasteiger partial charge on any atom is -0.00124 e. The summed E-state index contributed by atoms with van der Waals surface area (Å²) in [5, 5.41) is 0. The normalized spacial score (nSPS) is 23.8. The highest BCUT2D eigenvalue weighted by Crippen LogP contribution is 2.41. The van der Waals surface area contributed by atoms with Crippen molar-refractivity contribution in [1.82, 2.24) is 0 Å². The van der Waals surface area contributed by atoms with Crippen molar-refractivity contribution in [2.24, 2.45) is 11.3 Å². The van der Waals surface area contributed by atoms with Crippen molar-refractivity contribution in [2.45, 2.75) is 54.9 Å². The van der Waals surface area contributed by atoms with Crippen molar-refractivity contribution < 1.29 is 0 Å². The van der Waals surface area contributed by atoms with E-state index >= 15 is 0 Å². The fourth-order valence-electron chi connectivity index (χ4n) is 2.30. The van der Waals surface area contributed by atoms with E-state index in [4.69, 9.17) is 0 Å². The predicted molar refractivity (Wildman–Crippen MR) is 64.3 cm³/mol. The average molecular weight is 192 g/mol. The minimum atomic E-state index is 0.412. The molecule has 0 aromatic carbocycles. The van der Waals surface area contributed by atoms with Crippen LogP contribution >= 0.6 is 0 Å². The maximum absolute atomic E-state index is 2.34. The molecule has 1 aliphatic rings. The summed E-state index contributed by atoms with van der Waals surface area (Å²) in [6.45, 7) is 16.1. The summed E-state index contributed by atoms with van der Waals surface area (Å²) in [6.07, 6.45) is 1.23. The van der Waals surface area contributed by atoms with E-state index in [1.807, 2.05) is 0 Å². The number of allylic oxidation sites excluding steroid dienone is 4. The molecule has 0 aromatic heterocycles. The van der Waals surface area contributed by atoms with E-state index in [-0.39, 0.29) is 0 Å². The second-order valence-electron chi connectivity index (χ2n) is 5.92. The lowest BCUT2D eigenvalue weighted by molar-refractivity contribution is 0.397. The van der Waals surface area contributed by atoms with Crippen LogP contribution in [0.3, 0.4) is 0 Å². The summed E-state index contributed by atoms with van der Waals surface area (Å²) >= 11 is 0. The van der Waals surface area contributed by atoms with E-state index in [0.29, 0.717) is 11.3 Å². The summed E-state index contributed by atoms with van der Waals surface area (Å²) in [7, 11) is 0. The van der Waals surface area contributed by atoms with Crippen LogP contribution in [0, 0.1) is 11.3 Å². The van der Waals surface area contributed by atoms with Crippen molar-refractivity contribution in [3.05, 3.63) is 22.3 Å². The topological polar surface area (TPSA) is 0 Å². The highest BCUT2D eigenvalue weighted by molar-refractivity contribution is 5.46. The molecule has 0 heteroatoms. The predicted octanol–water partition coefficient (Wildman–Crippen LogP) is 4.73. The first-order valence-electron chi connectivity index (χ1n) is 5.61. The molecule has 80 valence electrons. The van der Waals surface area contributed by atoms with Gasteiger partial charge in [-0.2, -0.15) is 0 Å². The molecule has 1 atom stereocenters. The fourth-order valence-corrected chi connectivity index (χ4v) is 2.30. The Balaban J connectivity index is 2.94. The zero-order valence-electron chi connectivity index (χ0n) is 10.8. The lowest BCUT2D eigenvalue weighted by atomic mass is 9.82. The Labute approximate surface area is 89.1 Å². The Morgan fingerprint density at radius 3 is 1.79 bits per heavy atom. The quantitative estimate of drug-likeness (QED) is 0.563. The molecule has 0 heterocycles. The van der Waals surface area contributed by atoms with E-state index in [9.17, 15) is 0 Å². The second kappa shape index (κ2) is 3.56. The summed E-state index contributed by atoms with van der Waals surface area (Å²) in [5.41, 5.74) is 6.71. The molecular weight excluding hydrogens is 168 g/mol. The van der Waals surface area contributed by atoms with Gasteiger partial charge in [-0.1, -0.05) is 38.8 Å². The van der Waals surface area contributed by atoms with Crippen molar-refractivity contribution in [3.8, 4) is 0 Å². The van der Waals surface area contributed by atoms with E-state index in [1.165, 1.54) is 12.0 Å². The van der Waals surface area contributed by atoms with Crippen LogP contribution in [0.15, 0.2) is 22.3 Å². The summed E-state index contributed by atoms with van der Waals surface area (Å²) in [4.78, 5) is 0. The molecule has 14 heavy (non-hydrogen) atoms. The van der Waals surface area contributed by atoms with Gasteiger partial charge in [-0.05, 0) is 49.7 Å². The van der Waals surface area contributed by atoms with Crippen LogP contribution in [-0.4, -0.2) is 0 Å². The Morgan fingerprint density at radius 2 is 1.50 bits per heavy atom. The molecule has 0 saturated carbocycles. The highest BCUT2D eigenvalue weighted by atomic mass is 14.3. The van der Waals surface area contributed by atoms with Gasteiger partial charge in [0.1, 0.15) is 0 Å². The van der Waals surface area contributed by atoms with Gasteiger partial charge in [0, 0.05) is 0 Å². The molecule has 0 radical (unpaired) electrons. The molecule has 0 N–H and O–H groups in total. The molecular formula is C14H24. The Hall–Kier alpha value is -0.520. The first-order chi connectivity index (χ1) is 6.24. The van der Waals surface area contributed by atoms with Gasteiger partial charge in [0.2, 0.25) is 0 Å². The molecule has 0 amide bonds. The average Bonchev–Trinajstić information content (AvgIpc) is 2.20. The van der Waals surface area contributed by atoms with E-state index in [1.54, 1.807) is 16.7 Å². The standard InChI is InChI=1S/C14H24/c1-9-10(2)12(4)13(11(9)3)8-14(5,6)7/h11H,8H2,1-7H3. The second-order valence-corrected chi connectivity index (χ2v) is 5.92. The van der Waals surface area contributed by atoms with Crippen molar-refractivity contribution in [2.75, 3.05) is 0 Å². The minimum Gasteiger partial charge on any atom is -0.0632 e. The first kappa shape index (κ1) is 11.6. The van der Waals surface area contributed by atoms with Crippen LogP contribution < -0.4 is 0 Å². The third kappa shape index (κ3) is 2.10. The van der Waals surface area contributed by atoms with Crippen LogP contribution in [0.4, 0.5) is 0 Å². The summed E-state index contributed by atoms with van der Waals surface area (Å²) in [5.74, 6) is 0.675. The van der Waals surface area contributed by atoms with Crippen LogP contribution in [0.2, 0.25) is 0 Å². The SMILES string of the molecule is CC1=C(C)C(C)C(CC(C)(C)C)=C1C. The van der Waals surface area contributed by atoms with Crippen molar-refractivity contribution >= 4 is 0 Å². The zero-order valence-corrected chi connectivity index (χ0v) is 10.8. The molecule has 1 aliphatic carbocycles. The van der Waals surface area contributed by atoms with Gasteiger partial charge in [0.05, 0.1) is 0 Å². The zero-order chi connectivity index (χ0) is 11.1. The van der Waals surface area contributed by atoms with Gasteiger partial charge in [0.15, 0.2) is 0 Å². The van der Waals surface area contributed by atoms with E-state index < -0.39 is 0 Å². The molecule has 0 nitrogen and oxygen atoms in total. The molecule has 0 aromatic rings. The summed E-state index contributed by atoms with van der Waals surface area (Å²) in [6, 6.07) is 0. The van der Waals surface area contributed by atoms with Crippen molar-refractivity contribution in [3.63, 3.8) is 0 Å². The van der Waals surface area contributed by atoms with Crippen LogP contribution in [-0.2, 0) is 0 Å². The minimum absolute atomic E-state index is 0.412. The molecule has 1 unspecified atom stereocenters. The van der Waals surface area contributed by atoms with Gasteiger partial charge in [0.25, 0.3) is 0 Å². The Bertz CT molecular complexity index is 294. The summed E-state index contributed by atoms with van der Waals surface area (Å²) < 4.78 is 0. The molecule has 0 bridgehead atoms. The van der Waals surface area contributed by atoms with Gasteiger partial charge >= 0.3 is 0 Å². The fraction of sp³-hybridized carbons (Fsp3) is 0.714. The number of rotatable bonds is 1. The highest BCUT2D eigenvalue weighted by Gasteiger charge is 2.26. The Kier molecular flexibility index (Phi) is 2.94. The van der Waals surface area contributed by atoms with Crippen LogP contribution in [0.25, 0.3) is 0 Å². The first-order valence-corrected chi connectivity index (χ1v) is 5.61.